The van der Waals surface area contributed by atoms with Gasteiger partial charge in [0.1, 0.15) is 0 Å². The van der Waals surface area contributed by atoms with E-state index in [0.717, 1.165) is 19.3 Å². The Morgan fingerprint density at radius 2 is 1.65 bits per heavy atom. The Morgan fingerprint density at radius 1 is 1.12 bits per heavy atom. The van der Waals surface area contributed by atoms with E-state index in [1.165, 1.54) is 0 Å². The molecule has 0 aromatic heterocycles. The zero-order valence-electron chi connectivity index (χ0n) is 11.6. The Labute approximate surface area is 106 Å². The fourth-order valence-corrected chi connectivity index (χ4v) is 3.70. The molecule has 5 heteroatoms. The first-order valence-electron chi connectivity index (χ1n) is 6.41. The second-order valence-electron chi connectivity index (χ2n) is 5.73. The van der Waals surface area contributed by atoms with Crippen LogP contribution >= 0.6 is 0 Å². The molecule has 1 fully saturated rings. The summed E-state index contributed by atoms with van der Waals surface area (Å²) in [5, 5.41) is 0. The lowest BCUT2D eigenvalue weighted by atomic mass is 10.0. The highest BCUT2D eigenvalue weighted by Gasteiger charge is 2.28. The number of piperidine rings is 1. The number of sulfonamides is 1. The van der Waals surface area contributed by atoms with E-state index in [0.29, 0.717) is 19.5 Å². The van der Waals surface area contributed by atoms with Crippen LogP contribution in [0.15, 0.2) is 0 Å². The lowest BCUT2D eigenvalue weighted by Gasteiger charge is -2.34. The molecule has 102 valence electrons. The van der Waals surface area contributed by atoms with Gasteiger partial charge in [-0.05, 0) is 47.2 Å². The first-order valence-corrected chi connectivity index (χ1v) is 8.02. The standard InChI is InChI=1S/C12H26N2O2S/c1-12(2,13(3)4)8-11-17(15,16)14-9-6-5-7-10-14/h5-11H2,1-4H3. The van der Waals surface area contributed by atoms with Gasteiger partial charge in [0.25, 0.3) is 0 Å². The zero-order valence-corrected chi connectivity index (χ0v) is 12.4. The fraction of sp³-hybridized carbons (Fsp3) is 1.00. The van der Waals surface area contributed by atoms with Crippen molar-refractivity contribution in [3.63, 3.8) is 0 Å². The van der Waals surface area contributed by atoms with Gasteiger partial charge < -0.3 is 4.90 Å². The molecule has 0 saturated carbocycles. The van der Waals surface area contributed by atoms with Crippen molar-refractivity contribution in [2.45, 2.75) is 45.1 Å². The Kier molecular flexibility index (Phi) is 4.98. The molecule has 0 amide bonds. The molecule has 1 heterocycles. The minimum Gasteiger partial charge on any atom is -0.304 e. The summed E-state index contributed by atoms with van der Waals surface area (Å²) in [7, 11) is 0.944. The van der Waals surface area contributed by atoms with Gasteiger partial charge in [0.2, 0.25) is 10.0 Å². The molecule has 1 saturated heterocycles. The summed E-state index contributed by atoms with van der Waals surface area (Å²) in [5.74, 6) is 0.262. The molecule has 0 radical (unpaired) electrons. The molecule has 0 bridgehead atoms. The van der Waals surface area contributed by atoms with E-state index in [9.17, 15) is 8.42 Å². The van der Waals surface area contributed by atoms with E-state index in [4.69, 9.17) is 0 Å². The Morgan fingerprint density at radius 3 is 2.12 bits per heavy atom. The molecular formula is C12H26N2O2S. The average molecular weight is 262 g/mol. The lowest BCUT2D eigenvalue weighted by molar-refractivity contribution is 0.189. The van der Waals surface area contributed by atoms with Crippen molar-refractivity contribution in [1.29, 1.82) is 0 Å². The molecule has 17 heavy (non-hydrogen) atoms. The van der Waals surface area contributed by atoms with Crippen molar-refractivity contribution in [1.82, 2.24) is 9.21 Å². The van der Waals surface area contributed by atoms with Crippen LogP contribution < -0.4 is 0 Å². The maximum atomic E-state index is 12.2. The third kappa shape index (κ3) is 4.23. The van der Waals surface area contributed by atoms with Crippen molar-refractivity contribution in [2.24, 2.45) is 0 Å². The van der Waals surface area contributed by atoms with E-state index >= 15 is 0 Å². The number of rotatable bonds is 5. The molecule has 0 aromatic carbocycles. The fourth-order valence-electron chi connectivity index (χ4n) is 1.87. The smallest absolute Gasteiger partial charge is 0.214 e. The molecular weight excluding hydrogens is 236 g/mol. The van der Waals surface area contributed by atoms with Crippen LogP contribution in [-0.2, 0) is 10.0 Å². The molecule has 0 aromatic rings. The lowest BCUT2D eigenvalue weighted by Crippen LogP contribution is -2.43. The molecule has 0 N–H and O–H groups in total. The van der Waals surface area contributed by atoms with E-state index in [-0.39, 0.29) is 11.3 Å². The van der Waals surface area contributed by atoms with E-state index in [1.807, 2.05) is 14.1 Å². The minimum atomic E-state index is -3.04. The third-order valence-electron chi connectivity index (χ3n) is 3.89. The van der Waals surface area contributed by atoms with E-state index < -0.39 is 10.0 Å². The second-order valence-corrected chi connectivity index (χ2v) is 7.82. The summed E-state index contributed by atoms with van der Waals surface area (Å²) >= 11 is 0. The Balaban J connectivity index is 2.55. The van der Waals surface area contributed by atoms with Gasteiger partial charge in [-0.25, -0.2) is 12.7 Å². The zero-order chi connectivity index (χ0) is 13.1. The second kappa shape index (κ2) is 5.67. The quantitative estimate of drug-likeness (QED) is 0.754. The first kappa shape index (κ1) is 14.9. The largest absolute Gasteiger partial charge is 0.304 e. The number of nitrogens with zero attached hydrogens (tertiary/aromatic N) is 2. The van der Waals surface area contributed by atoms with Crippen LogP contribution in [0.3, 0.4) is 0 Å². The minimum absolute atomic E-state index is 0.0666. The molecule has 0 atom stereocenters. The third-order valence-corrected chi connectivity index (χ3v) is 5.76. The average Bonchev–Trinajstić information content (AvgIpc) is 2.28. The summed E-state index contributed by atoms with van der Waals surface area (Å²) in [6.45, 7) is 5.59. The predicted molar refractivity (Wildman–Crippen MR) is 71.6 cm³/mol. The Hall–Kier alpha value is -0.130. The van der Waals surface area contributed by atoms with Crippen molar-refractivity contribution in [2.75, 3.05) is 32.9 Å². The monoisotopic (exact) mass is 262 g/mol. The molecule has 1 aliphatic rings. The van der Waals surface area contributed by atoms with Gasteiger partial charge in [0.05, 0.1) is 5.75 Å². The first-order chi connectivity index (χ1) is 7.76. The molecule has 1 rings (SSSR count). The van der Waals surface area contributed by atoms with E-state index in [2.05, 4.69) is 18.7 Å². The maximum absolute atomic E-state index is 12.2. The molecule has 0 unspecified atom stereocenters. The van der Waals surface area contributed by atoms with Crippen LogP contribution in [0.4, 0.5) is 0 Å². The van der Waals surface area contributed by atoms with Crippen LogP contribution in [0.5, 0.6) is 0 Å². The predicted octanol–water partition coefficient (Wildman–Crippen LogP) is 1.53. The van der Waals surface area contributed by atoms with Crippen LogP contribution in [0.1, 0.15) is 39.5 Å². The molecule has 1 aliphatic heterocycles. The van der Waals surface area contributed by atoms with Gasteiger partial charge in [0, 0.05) is 18.6 Å². The van der Waals surface area contributed by atoms with Crippen LogP contribution in [0.2, 0.25) is 0 Å². The summed E-state index contributed by atoms with van der Waals surface area (Å²) in [4.78, 5) is 2.08. The van der Waals surface area contributed by atoms with Gasteiger partial charge in [-0.2, -0.15) is 0 Å². The molecule has 4 nitrogen and oxygen atoms in total. The number of hydrogen-bond acceptors (Lipinski definition) is 3. The van der Waals surface area contributed by atoms with Crippen molar-refractivity contribution >= 4 is 10.0 Å². The van der Waals surface area contributed by atoms with Crippen molar-refractivity contribution in [3.05, 3.63) is 0 Å². The molecule has 0 aliphatic carbocycles. The van der Waals surface area contributed by atoms with Crippen LogP contribution in [0, 0.1) is 0 Å². The van der Waals surface area contributed by atoms with Gasteiger partial charge in [-0.3, -0.25) is 0 Å². The maximum Gasteiger partial charge on any atom is 0.214 e. The topological polar surface area (TPSA) is 40.6 Å². The Bertz CT molecular complexity index is 330. The highest BCUT2D eigenvalue weighted by atomic mass is 32.2. The van der Waals surface area contributed by atoms with Gasteiger partial charge >= 0.3 is 0 Å². The van der Waals surface area contributed by atoms with E-state index in [1.54, 1.807) is 4.31 Å². The normalized spacial score (nSPS) is 19.8. The summed E-state index contributed by atoms with van der Waals surface area (Å²) < 4.78 is 26.0. The van der Waals surface area contributed by atoms with Crippen LogP contribution in [-0.4, -0.2) is 56.1 Å². The SMILES string of the molecule is CN(C)C(C)(C)CCS(=O)(=O)N1CCCCC1. The van der Waals surface area contributed by atoms with Crippen molar-refractivity contribution < 1.29 is 8.42 Å². The molecule has 0 spiro atoms. The van der Waals surface area contributed by atoms with Crippen molar-refractivity contribution in [3.8, 4) is 0 Å². The van der Waals surface area contributed by atoms with Gasteiger partial charge in [-0.1, -0.05) is 6.42 Å². The summed E-state index contributed by atoms with van der Waals surface area (Å²) in [5.41, 5.74) is -0.0666. The highest BCUT2D eigenvalue weighted by Crippen LogP contribution is 2.19. The van der Waals surface area contributed by atoms with Crippen LogP contribution in [0.25, 0.3) is 0 Å². The van der Waals surface area contributed by atoms with Gasteiger partial charge in [-0.15, -0.1) is 0 Å². The summed E-state index contributed by atoms with van der Waals surface area (Å²) in [6, 6.07) is 0. The number of hydrogen-bond donors (Lipinski definition) is 0. The summed E-state index contributed by atoms with van der Waals surface area (Å²) in [6.07, 6.45) is 3.86. The highest BCUT2D eigenvalue weighted by molar-refractivity contribution is 7.89. The van der Waals surface area contributed by atoms with Gasteiger partial charge in [0.15, 0.2) is 0 Å².